The highest BCUT2D eigenvalue weighted by molar-refractivity contribution is 7.92. The van der Waals surface area contributed by atoms with E-state index >= 15 is 0 Å². The molecule has 196 valence electrons. The summed E-state index contributed by atoms with van der Waals surface area (Å²) in [4.78, 5) is 27.6. The number of carbonyl (C=O) groups excluding carboxylic acids is 2. The van der Waals surface area contributed by atoms with Crippen LogP contribution < -0.4 is 9.62 Å². The molecule has 0 aromatic heterocycles. The highest BCUT2D eigenvalue weighted by atomic mass is 35.5. The predicted molar refractivity (Wildman–Crippen MR) is 143 cm³/mol. The molecule has 3 aromatic rings. The van der Waals surface area contributed by atoms with Gasteiger partial charge in [-0.15, -0.1) is 0 Å². The molecule has 0 aliphatic rings. The van der Waals surface area contributed by atoms with Gasteiger partial charge < -0.3 is 10.2 Å². The fourth-order valence-corrected chi connectivity index (χ4v) is 5.57. The average molecular weight is 566 g/mol. The highest BCUT2D eigenvalue weighted by Crippen LogP contribution is 2.28. The maximum atomic E-state index is 14.9. The predicted octanol–water partition coefficient (Wildman–Crippen LogP) is 4.88. The van der Waals surface area contributed by atoms with Crippen molar-refractivity contribution in [2.24, 2.45) is 0 Å². The number of para-hydroxylation sites is 1. The first-order chi connectivity index (χ1) is 17.6. The van der Waals surface area contributed by atoms with Gasteiger partial charge in [-0.05, 0) is 48.4 Å². The number of sulfonamides is 1. The molecule has 0 aliphatic carbocycles. The topological polar surface area (TPSA) is 86.8 Å². The molecular formula is C26H26Cl2FN3O4S. The van der Waals surface area contributed by atoms with E-state index in [1.54, 1.807) is 31.2 Å². The lowest BCUT2D eigenvalue weighted by Gasteiger charge is -2.33. The number of likely N-dealkylation sites (N-methyl/N-ethyl adjacent to an activating group) is 1. The zero-order valence-corrected chi connectivity index (χ0v) is 22.5. The van der Waals surface area contributed by atoms with E-state index in [1.807, 2.05) is 0 Å². The lowest BCUT2D eigenvalue weighted by molar-refractivity contribution is -0.140. The van der Waals surface area contributed by atoms with Crippen LogP contribution in [0.15, 0.2) is 77.7 Å². The number of anilines is 1. The number of nitrogens with zero attached hydrogens (tertiary/aromatic N) is 2. The molecule has 1 atom stereocenters. The van der Waals surface area contributed by atoms with Crippen molar-refractivity contribution in [3.63, 3.8) is 0 Å². The fraction of sp³-hybridized carbons (Fsp3) is 0.231. The van der Waals surface area contributed by atoms with Crippen molar-refractivity contribution in [3.05, 3.63) is 94.2 Å². The molecule has 0 saturated heterocycles. The molecule has 3 aromatic carbocycles. The Kier molecular flexibility index (Phi) is 9.53. The molecule has 11 heteroatoms. The second kappa shape index (κ2) is 12.4. The average Bonchev–Trinajstić information content (AvgIpc) is 2.89. The number of amides is 2. The Morgan fingerprint density at radius 2 is 1.62 bits per heavy atom. The maximum absolute atomic E-state index is 14.9. The SMILES string of the molecule is CCC(C(=O)NC)N(Cc1ccc(Cl)c(Cl)c1)C(=O)CN(c1ccccc1F)S(=O)(=O)c1ccccc1. The number of rotatable bonds is 10. The Morgan fingerprint density at radius 3 is 2.22 bits per heavy atom. The third-order valence-corrected chi connectivity index (χ3v) is 8.21. The summed E-state index contributed by atoms with van der Waals surface area (Å²) >= 11 is 12.2. The van der Waals surface area contributed by atoms with Gasteiger partial charge in [0.25, 0.3) is 10.0 Å². The van der Waals surface area contributed by atoms with E-state index in [2.05, 4.69) is 5.32 Å². The first kappa shape index (κ1) is 28.4. The first-order valence-electron chi connectivity index (χ1n) is 11.4. The number of hydrogen-bond donors (Lipinski definition) is 1. The zero-order valence-electron chi connectivity index (χ0n) is 20.2. The van der Waals surface area contributed by atoms with Gasteiger partial charge in [-0.2, -0.15) is 0 Å². The third-order valence-electron chi connectivity index (χ3n) is 5.70. The summed E-state index contributed by atoms with van der Waals surface area (Å²) in [7, 11) is -2.90. The maximum Gasteiger partial charge on any atom is 0.264 e. The first-order valence-corrected chi connectivity index (χ1v) is 13.6. The summed E-state index contributed by atoms with van der Waals surface area (Å²) in [5.74, 6) is -1.95. The molecule has 1 unspecified atom stereocenters. The van der Waals surface area contributed by atoms with Gasteiger partial charge in [0.2, 0.25) is 11.8 Å². The second-order valence-electron chi connectivity index (χ2n) is 8.08. The van der Waals surface area contributed by atoms with Crippen molar-refractivity contribution < 1.29 is 22.4 Å². The van der Waals surface area contributed by atoms with Gasteiger partial charge in [0, 0.05) is 13.6 Å². The molecule has 2 amide bonds. The van der Waals surface area contributed by atoms with Crippen molar-refractivity contribution in [2.75, 3.05) is 17.9 Å². The summed E-state index contributed by atoms with van der Waals surface area (Å²) in [6.45, 7) is 0.926. The van der Waals surface area contributed by atoms with Crippen LogP contribution in [0.3, 0.4) is 0 Å². The molecule has 0 saturated carbocycles. The molecule has 37 heavy (non-hydrogen) atoms. The van der Waals surface area contributed by atoms with Gasteiger partial charge in [0.1, 0.15) is 18.4 Å². The van der Waals surface area contributed by atoms with Gasteiger partial charge in [0.15, 0.2) is 0 Å². The van der Waals surface area contributed by atoms with Crippen molar-refractivity contribution in [1.82, 2.24) is 10.2 Å². The highest BCUT2D eigenvalue weighted by Gasteiger charge is 2.34. The van der Waals surface area contributed by atoms with Crippen LogP contribution in [0.25, 0.3) is 0 Å². The molecule has 0 fully saturated rings. The quantitative estimate of drug-likeness (QED) is 0.379. The molecule has 3 rings (SSSR count). The molecule has 0 aliphatic heterocycles. The lowest BCUT2D eigenvalue weighted by Crippen LogP contribution is -2.51. The summed E-state index contributed by atoms with van der Waals surface area (Å²) in [6.07, 6.45) is 0.248. The number of nitrogens with one attached hydrogen (secondary N) is 1. The minimum Gasteiger partial charge on any atom is -0.357 e. The molecule has 7 nitrogen and oxygen atoms in total. The Labute approximate surface area is 225 Å². The molecule has 0 spiro atoms. The van der Waals surface area contributed by atoms with Crippen LogP contribution in [0.5, 0.6) is 0 Å². The molecule has 0 bridgehead atoms. The molecular weight excluding hydrogens is 540 g/mol. The van der Waals surface area contributed by atoms with Gasteiger partial charge in [0.05, 0.1) is 20.6 Å². The summed E-state index contributed by atoms with van der Waals surface area (Å²) in [5, 5.41) is 3.12. The monoisotopic (exact) mass is 565 g/mol. The van der Waals surface area contributed by atoms with E-state index in [0.717, 1.165) is 10.4 Å². The summed E-state index contributed by atoms with van der Waals surface area (Å²) < 4.78 is 42.8. The Balaban J connectivity index is 2.07. The summed E-state index contributed by atoms with van der Waals surface area (Å²) in [5.41, 5.74) is 0.288. The van der Waals surface area contributed by atoms with Crippen LogP contribution in [0.4, 0.5) is 10.1 Å². The number of hydrogen-bond acceptors (Lipinski definition) is 4. The Bertz CT molecular complexity index is 1370. The number of carbonyl (C=O) groups is 2. The van der Waals surface area contributed by atoms with Crippen LogP contribution in [0, 0.1) is 5.82 Å². The van der Waals surface area contributed by atoms with Crippen LogP contribution in [-0.4, -0.2) is 44.8 Å². The number of halogens is 3. The van der Waals surface area contributed by atoms with Gasteiger partial charge in [-0.1, -0.05) is 66.5 Å². The number of benzene rings is 3. The van der Waals surface area contributed by atoms with Gasteiger partial charge >= 0.3 is 0 Å². The van der Waals surface area contributed by atoms with Crippen molar-refractivity contribution in [2.45, 2.75) is 30.8 Å². The Hall–Kier alpha value is -3.14. The van der Waals surface area contributed by atoms with E-state index in [-0.39, 0.29) is 28.6 Å². The van der Waals surface area contributed by atoms with Crippen LogP contribution in [0.2, 0.25) is 10.0 Å². The van der Waals surface area contributed by atoms with Gasteiger partial charge in [-0.25, -0.2) is 12.8 Å². The fourth-order valence-electron chi connectivity index (χ4n) is 3.81. The Morgan fingerprint density at radius 1 is 0.973 bits per heavy atom. The van der Waals surface area contributed by atoms with E-state index in [4.69, 9.17) is 23.2 Å². The standard InChI is InChI=1S/C26H26Cl2FN3O4S/c1-3-23(26(34)30-2)31(16-18-13-14-20(27)21(28)15-18)25(33)17-32(24-12-8-7-11-22(24)29)37(35,36)19-9-5-4-6-10-19/h4-15,23H,3,16-17H2,1-2H3,(H,30,34). The smallest absolute Gasteiger partial charge is 0.264 e. The van der Waals surface area contributed by atoms with E-state index in [1.165, 1.54) is 54.4 Å². The molecule has 1 N–H and O–H groups in total. The third kappa shape index (κ3) is 6.60. The second-order valence-corrected chi connectivity index (χ2v) is 10.8. The minimum atomic E-state index is -4.34. The normalized spacial score (nSPS) is 12.0. The van der Waals surface area contributed by atoms with E-state index < -0.39 is 40.2 Å². The molecule has 0 heterocycles. The van der Waals surface area contributed by atoms with E-state index in [9.17, 15) is 22.4 Å². The minimum absolute atomic E-state index is 0.0574. The summed E-state index contributed by atoms with van der Waals surface area (Å²) in [6, 6.07) is 16.6. The molecule has 0 radical (unpaired) electrons. The zero-order chi connectivity index (χ0) is 27.2. The van der Waals surface area contributed by atoms with Crippen molar-refractivity contribution in [1.29, 1.82) is 0 Å². The lowest BCUT2D eigenvalue weighted by atomic mass is 10.1. The van der Waals surface area contributed by atoms with Crippen LogP contribution in [0.1, 0.15) is 18.9 Å². The van der Waals surface area contributed by atoms with E-state index in [0.29, 0.717) is 10.6 Å². The van der Waals surface area contributed by atoms with Crippen molar-refractivity contribution in [3.8, 4) is 0 Å². The van der Waals surface area contributed by atoms with Crippen LogP contribution in [-0.2, 0) is 26.2 Å². The van der Waals surface area contributed by atoms with Gasteiger partial charge in [-0.3, -0.25) is 13.9 Å². The van der Waals surface area contributed by atoms with Crippen LogP contribution >= 0.6 is 23.2 Å². The van der Waals surface area contributed by atoms with Crippen molar-refractivity contribution >= 4 is 50.7 Å². The largest absolute Gasteiger partial charge is 0.357 e.